The van der Waals surface area contributed by atoms with E-state index >= 15 is 0 Å². The number of fused-ring (bicyclic) bond motifs is 1. The number of carboxylic acid groups (broad SMARTS) is 1. The Hall–Kier alpha value is -3.60. The van der Waals surface area contributed by atoms with E-state index in [4.69, 9.17) is 9.29 Å². The van der Waals surface area contributed by atoms with E-state index in [1.54, 1.807) is 18.2 Å². The van der Waals surface area contributed by atoms with Gasteiger partial charge < -0.3 is 19.6 Å². The van der Waals surface area contributed by atoms with Gasteiger partial charge in [-0.2, -0.15) is 8.42 Å². The Morgan fingerprint density at radius 3 is 2.52 bits per heavy atom. The van der Waals surface area contributed by atoms with Crippen LogP contribution in [-0.2, 0) is 19.7 Å². The number of benzene rings is 2. The first-order valence-electron chi connectivity index (χ1n) is 10.6. The zero-order valence-corrected chi connectivity index (χ0v) is 18.5. The molecule has 3 aromatic rings. The lowest BCUT2D eigenvalue weighted by Crippen LogP contribution is -2.14. The molecule has 174 valence electrons. The van der Waals surface area contributed by atoms with Gasteiger partial charge in [-0.3, -0.25) is 14.9 Å². The van der Waals surface area contributed by atoms with Gasteiger partial charge in [0.1, 0.15) is 10.6 Å². The number of hydrogen-bond donors (Lipinski definition) is 4. The van der Waals surface area contributed by atoms with Crippen LogP contribution in [-0.4, -0.2) is 41.4 Å². The van der Waals surface area contributed by atoms with Crippen LogP contribution < -0.4 is 14.8 Å². The predicted octanol–water partition coefficient (Wildman–Crippen LogP) is 3.49. The van der Waals surface area contributed by atoms with E-state index in [2.05, 4.69) is 20.6 Å². The quantitative estimate of drug-likeness (QED) is 0.346. The second-order valence-electron chi connectivity index (χ2n) is 7.89. The van der Waals surface area contributed by atoms with Gasteiger partial charge in [0.15, 0.2) is 0 Å². The fourth-order valence-electron chi connectivity index (χ4n) is 3.71. The molecule has 2 aromatic carbocycles. The molecule has 0 unspecified atom stereocenters. The number of hydrogen-bond acceptors (Lipinski definition) is 7. The third-order valence-corrected chi connectivity index (χ3v) is 6.61. The zero-order chi connectivity index (χ0) is 23.4. The van der Waals surface area contributed by atoms with Crippen LogP contribution in [0.1, 0.15) is 38.5 Å². The number of rotatable bonds is 9. The van der Waals surface area contributed by atoms with Crippen molar-refractivity contribution < 1.29 is 27.3 Å². The average molecular weight is 473 g/mol. The number of aromatic amines is 1. The summed E-state index contributed by atoms with van der Waals surface area (Å²) in [5.41, 5.74) is 1.81. The maximum atomic E-state index is 12.7. The summed E-state index contributed by atoms with van der Waals surface area (Å²) in [6.45, 7) is 0. The summed E-state index contributed by atoms with van der Waals surface area (Å²) in [5, 5.41) is 14.5. The Kier molecular flexibility index (Phi) is 6.50. The summed E-state index contributed by atoms with van der Waals surface area (Å²) < 4.78 is 30.7. The van der Waals surface area contributed by atoms with Crippen LogP contribution in [0.25, 0.3) is 11.0 Å². The number of anilines is 2. The van der Waals surface area contributed by atoms with Crippen molar-refractivity contribution in [3.63, 3.8) is 0 Å². The minimum Gasteiger partial charge on any atom is -0.481 e. The number of carbonyl (C=O) groups excluding carboxylic acids is 1. The molecule has 0 saturated heterocycles. The Bertz CT molecular complexity index is 1260. The number of aromatic nitrogens is 2. The van der Waals surface area contributed by atoms with Crippen molar-refractivity contribution in [3.8, 4) is 5.75 Å². The van der Waals surface area contributed by atoms with Gasteiger partial charge in [-0.1, -0.05) is 12.8 Å². The van der Waals surface area contributed by atoms with Crippen molar-refractivity contribution in [2.24, 2.45) is 0 Å². The molecular formula is C22H24N4O6S. The fourth-order valence-corrected chi connectivity index (χ4v) is 4.63. The van der Waals surface area contributed by atoms with Crippen LogP contribution in [0.4, 0.5) is 11.6 Å². The number of imidazole rings is 1. The molecule has 1 heterocycles. The lowest BCUT2D eigenvalue weighted by Gasteiger charge is -2.14. The minimum absolute atomic E-state index is 0.0352. The Balaban J connectivity index is 1.42. The normalized spacial score (nSPS) is 14.3. The van der Waals surface area contributed by atoms with Crippen LogP contribution in [0.3, 0.4) is 0 Å². The molecule has 1 fully saturated rings. The Morgan fingerprint density at radius 1 is 1.09 bits per heavy atom. The molecule has 1 amide bonds. The van der Waals surface area contributed by atoms with Gasteiger partial charge in [0, 0.05) is 24.2 Å². The van der Waals surface area contributed by atoms with Gasteiger partial charge in [0.2, 0.25) is 11.9 Å². The minimum atomic E-state index is -4.04. The van der Waals surface area contributed by atoms with Crippen LogP contribution in [0.5, 0.6) is 5.75 Å². The van der Waals surface area contributed by atoms with Gasteiger partial charge in [0.05, 0.1) is 17.5 Å². The highest BCUT2D eigenvalue weighted by Gasteiger charge is 2.19. The summed E-state index contributed by atoms with van der Waals surface area (Å²) in [6.07, 6.45) is 4.17. The molecule has 1 saturated carbocycles. The first-order valence-corrected chi connectivity index (χ1v) is 12.0. The molecule has 0 radical (unpaired) electrons. The molecule has 4 N–H and O–H groups in total. The summed E-state index contributed by atoms with van der Waals surface area (Å²) >= 11 is 0. The van der Waals surface area contributed by atoms with Gasteiger partial charge >= 0.3 is 16.1 Å². The van der Waals surface area contributed by atoms with Gasteiger partial charge in [0.25, 0.3) is 0 Å². The second kappa shape index (κ2) is 9.49. The Labute approximate surface area is 190 Å². The smallest absolute Gasteiger partial charge is 0.339 e. The third-order valence-electron chi connectivity index (χ3n) is 5.35. The van der Waals surface area contributed by atoms with E-state index in [9.17, 15) is 18.0 Å². The third kappa shape index (κ3) is 5.80. The number of nitrogens with one attached hydrogen (secondary N) is 3. The van der Waals surface area contributed by atoms with E-state index in [-0.39, 0.29) is 29.4 Å². The van der Waals surface area contributed by atoms with Gasteiger partial charge in [-0.15, -0.1) is 0 Å². The molecule has 0 atom stereocenters. The van der Waals surface area contributed by atoms with Crippen molar-refractivity contribution in [3.05, 3.63) is 42.5 Å². The number of carbonyl (C=O) groups is 2. The summed E-state index contributed by atoms with van der Waals surface area (Å²) in [7, 11) is -4.04. The zero-order valence-electron chi connectivity index (χ0n) is 17.7. The van der Waals surface area contributed by atoms with E-state index in [0.29, 0.717) is 17.1 Å². The van der Waals surface area contributed by atoms with Crippen LogP contribution in [0.2, 0.25) is 0 Å². The standard InChI is InChI=1S/C22H24N4O6S/c27-20(11-12-21(28)29)26-22-24-18-10-7-16(13-19(18)25-22)32-33(30,31)17-8-5-15(6-9-17)23-14-3-1-2-4-14/h5-10,13-14,23H,1-4,11-12H2,(H,28,29)(H2,24,25,26,27). The van der Waals surface area contributed by atoms with Gasteiger partial charge in [-0.25, -0.2) is 4.98 Å². The van der Waals surface area contributed by atoms with Crippen LogP contribution in [0.15, 0.2) is 47.4 Å². The molecule has 0 spiro atoms. The lowest BCUT2D eigenvalue weighted by molar-refractivity contribution is -0.138. The maximum Gasteiger partial charge on any atom is 0.339 e. The molecular weight excluding hydrogens is 448 g/mol. The number of nitrogens with zero attached hydrogens (tertiary/aromatic N) is 1. The fraction of sp³-hybridized carbons (Fsp3) is 0.318. The molecule has 1 aliphatic carbocycles. The van der Waals surface area contributed by atoms with Crippen molar-refractivity contribution in [2.75, 3.05) is 10.6 Å². The monoisotopic (exact) mass is 472 g/mol. The predicted molar refractivity (Wildman–Crippen MR) is 122 cm³/mol. The lowest BCUT2D eigenvalue weighted by atomic mass is 10.2. The molecule has 4 rings (SSSR count). The van der Waals surface area contributed by atoms with Crippen molar-refractivity contribution in [1.29, 1.82) is 0 Å². The van der Waals surface area contributed by atoms with Crippen molar-refractivity contribution >= 4 is 44.7 Å². The van der Waals surface area contributed by atoms with Crippen LogP contribution in [0, 0.1) is 0 Å². The molecule has 0 aliphatic heterocycles. The van der Waals surface area contributed by atoms with E-state index < -0.39 is 22.0 Å². The summed E-state index contributed by atoms with van der Waals surface area (Å²) in [4.78, 5) is 29.4. The maximum absolute atomic E-state index is 12.7. The van der Waals surface area contributed by atoms with E-state index in [0.717, 1.165) is 18.5 Å². The van der Waals surface area contributed by atoms with Crippen LogP contribution >= 0.6 is 0 Å². The number of carboxylic acids is 1. The second-order valence-corrected chi connectivity index (χ2v) is 9.44. The summed E-state index contributed by atoms with van der Waals surface area (Å²) in [6, 6.07) is 11.4. The highest BCUT2D eigenvalue weighted by Crippen LogP contribution is 2.26. The van der Waals surface area contributed by atoms with Gasteiger partial charge in [-0.05, 0) is 49.2 Å². The number of H-pyrrole nitrogens is 1. The van der Waals surface area contributed by atoms with E-state index in [1.165, 1.54) is 37.1 Å². The first kappa shape index (κ1) is 22.6. The summed E-state index contributed by atoms with van der Waals surface area (Å²) in [5.74, 6) is -1.37. The molecule has 1 aromatic heterocycles. The van der Waals surface area contributed by atoms with E-state index in [1.807, 2.05) is 0 Å². The SMILES string of the molecule is O=C(O)CCC(=O)Nc1nc2cc(OS(=O)(=O)c3ccc(NC4CCCC4)cc3)ccc2[nH]1. The number of amides is 1. The first-order chi connectivity index (χ1) is 15.8. The number of aliphatic carboxylic acids is 1. The average Bonchev–Trinajstić information content (AvgIpc) is 3.41. The largest absolute Gasteiger partial charge is 0.481 e. The topological polar surface area (TPSA) is 150 Å². The highest BCUT2D eigenvalue weighted by molar-refractivity contribution is 7.87. The highest BCUT2D eigenvalue weighted by atomic mass is 32.2. The molecule has 33 heavy (non-hydrogen) atoms. The molecule has 1 aliphatic rings. The molecule has 0 bridgehead atoms. The Morgan fingerprint density at radius 2 is 1.82 bits per heavy atom. The molecule has 11 heteroatoms. The molecule has 10 nitrogen and oxygen atoms in total. The van der Waals surface area contributed by atoms with Crippen molar-refractivity contribution in [1.82, 2.24) is 9.97 Å². The van der Waals surface area contributed by atoms with Crippen molar-refractivity contribution in [2.45, 2.75) is 49.5 Å².